The lowest BCUT2D eigenvalue weighted by atomic mass is 9.59. The van der Waals surface area contributed by atoms with Crippen molar-refractivity contribution < 1.29 is 58.0 Å². The van der Waals surface area contributed by atoms with Crippen LogP contribution in [0.15, 0.2) is 21.8 Å². The molecule has 2 aliphatic carbocycles. The molecule has 18 heteroatoms. The minimum atomic E-state index is -1.21. The Morgan fingerprint density at radius 3 is 1.52 bits per heavy atom. The number of amidine groups is 1. The van der Waals surface area contributed by atoms with E-state index in [0.29, 0.717) is 90.8 Å². The molecule has 0 saturated heterocycles. The third-order valence-corrected chi connectivity index (χ3v) is 23.8. The summed E-state index contributed by atoms with van der Waals surface area (Å²) in [6, 6.07) is 0. The van der Waals surface area contributed by atoms with E-state index in [2.05, 4.69) is 113 Å². The molecule has 0 aromatic carbocycles. The van der Waals surface area contributed by atoms with Gasteiger partial charge in [0.25, 0.3) is 0 Å². The largest absolute Gasteiger partial charge is 0.481 e. The van der Waals surface area contributed by atoms with Gasteiger partial charge in [-0.3, -0.25) is 24.0 Å². The fourth-order valence-electron chi connectivity index (χ4n) is 14.3. The highest BCUT2D eigenvalue weighted by atomic mass is 32.2. The molecule has 522 valence electrons. The van der Waals surface area contributed by atoms with Gasteiger partial charge in [0.1, 0.15) is 46.9 Å². The Hall–Kier alpha value is -4.58. The standard InChI is InChI=1S/C74H122N4O12S2/c1-26-72(24,25)67(87)88-33-35-92-74(29-4,30-5)66(86)78-61-57(64(84)90-59-48(70(18,19)20)38-45(11)39-49(59)71(21,22)23)55(43(8)9)51(76-61)40-50-54(42(6)7)56(63(83)89-58-46(68(12,13)14)36-44(10)37-47(58)69(15,16)17)60(75-50)77-65(85)73(27-2,28-3)32-31-34-91-52(62(81)82)41-53(79)80/h40,42-49,52,58-59,76H,26-39,41H2,1-25H3,(H,78,86)(H,79,80)(H,81,82)(H,75,77,85). The molecule has 5 atom stereocenters. The van der Waals surface area contributed by atoms with Crippen LogP contribution in [-0.4, -0.2) is 103 Å². The number of thioether (sulfide) groups is 2. The Morgan fingerprint density at radius 2 is 1.12 bits per heavy atom. The van der Waals surface area contributed by atoms with Gasteiger partial charge in [-0.05, 0) is 153 Å². The number of esters is 3. The van der Waals surface area contributed by atoms with E-state index in [1.54, 1.807) is 0 Å². The summed E-state index contributed by atoms with van der Waals surface area (Å²) < 4.78 is 18.8. The van der Waals surface area contributed by atoms with E-state index < -0.39 is 63.3 Å². The second kappa shape index (κ2) is 32.0. The number of hydrogen-bond donors (Lipinski definition) is 5. The molecule has 92 heavy (non-hydrogen) atoms. The number of aliphatic imine (C=N–C) groups is 1. The van der Waals surface area contributed by atoms with E-state index in [-0.39, 0.29) is 104 Å². The Kier molecular flexibility index (Phi) is 27.8. The van der Waals surface area contributed by atoms with Gasteiger partial charge < -0.3 is 40.0 Å². The van der Waals surface area contributed by atoms with Crippen LogP contribution in [0.2, 0.25) is 0 Å². The molecule has 2 heterocycles. The van der Waals surface area contributed by atoms with Gasteiger partial charge in [0.2, 0.25) is 11.8 Å². The summed E-state index contributed by atoms with van der Waals surface area (Å²) in [4.78, 5) is 108. The lowest BCUT2D eigenvalue weighted by molar-refractivity contribution is -0.164. The molecule has 5 N–H and O–H groups in total. The van der Waals surface area contributed by atoms with Gasteiger partial charge in [-0.25, -0.2) is 14.6 Å². The van der Waals surface area contributed by atoms with Crippen LogP contribution in [-0.2, 0) is 43.0 Å². The quantitative estimate of drug-likeness (QED) is 0.0298. The summed E-state index contributed by atoms with van der Waals surface area (Å²) in [5, 5.41) is 24.5. The first-order chi connectivity index (χ1) is 42.3. The Bertz CT molecular complexity index is 2810. The van der Waals surface area contributed by atoms with Crippen LogP contribution in [0.4, 0.5) is 5.82 Å². The van der Waals surface area contributed by atoms with Crippen molar-refractivity contribution in [3.63, 3.8) is 0 Å². The summed E-state index contributed by atoms with van der Waals surface area (Å²) in [6.07, 6.45) is 6.81. The number of aromatic amines is 1. The third kappa shape index (κ3) is 19.6. The minimum Gasteiger partial charge on any atom is -0.481 e. The molecular weight excluding hydrogens is 1200 g/mol. The number of hydrogen-bond acceptors (Lipinski definition) is 13. The maximum atomic E-state index is 15.9. The van der Waals surface area contributed by atoms with Gasteiger partial charge in [-0.2, -0.15) is 0 Å². The van der Waals surface area contributed by atoms with E-state index >= 15 is 19.2 Å². The number of ether oxygens (including phenoxy) is 3. The summed E-state index contributed by atoms with van der Waals surface area (Å²) >= 11 is 2.45. The summed E-state index contributed by atoms with van der Waals surface area (Å²) in [5.41, 5.74) is -0.364. The fraction of sp³-hybridized carbons (Fsp3) is 0.784. The van der Waals surface area contributed by atoms with Gasteiger partial charge >= 0.3 is 29.8 Å². The highest BCUT2D eigenvalue weighted by molar-refractivity contribution is 8.01. The lowest BCUT2D eigenvalue weighted by Crippen LogP contribution is -2.50. The molecule has 1 aliphatic heterocycles. The van der Waals surface area contributed by atoms with Crippen molar-refractivity contribution in [1.29, 1.82) is 0 Å². The number of nitrogens with zero attached hydrogens (tertiary/aromatic N) is 1. The van der Waals surface area contributed by atoms with Crippen LogP contribution in [0.3, 0.4) is 0 Å². The smallest absolute Gasteiger partial charge is 0.342 e. The number of aliphatic carboxylic acids is 2. The van der Waals surface area contributed by atoms with E-state index in [0.717, 1.165) is 37.4 Å². The van der Waals surface area contributed by atoms with Crippen molar-refractivity contribution >= 4 is 82.9 Å². The number of allylic oxidation sites excluding steroid dienone is 1. The highest BCUT2D eigenvalue weighted by Gasteiger charge is 2.51. The maximum Gasteiger partial charge on any atom is 0.342 e. The average molecular weight is 1320 g/mol. The van der Waals surface area contributed by atoms with Crippen LogP contribution in [0.25, 0.3) is 6.08 Å². The molecule has 3 aliphatic rings. The van der Waals surface area contributed by atoms with Crippen molar-refractivity contribution in [2.24, 2.45) is 78.9 Å². The van der Waals surface area contributed by atoms with Gasteiger partial charge in [0.15, 0.2) is 0 Å². The first-order valence-corrected chi connectivity index (χ1v) is 36.6. The van der Waals surface area contributed by atoms with Gasteiger partial charge in [-0.1, -0.05) is 159 Å². The van der Waals surface area contributed by atoms with Gasteiger partial charge in [0, 0.05) is 40.5 Å². The number of rotatable bonds is 28. The summed E-state index contributed by atoms with van der Waals surface area (Å²) in [6.45, 7) is 52.4. The fourth-order valence-corrected chi connectivity index (χ4v) is 16.5. The second-order valence-electron chi connectivity index (χ2n) is 32.8. The molecule has 2 saturated carbocycles. The maximum absolute atomic E-state index is 15.9. The molecule has 2 fully saturated rings. The molecule has 16 nitrogen and oxygen atoms in total. The SMILES string of the molecule is CCC(C)(C)C(=O)OCCSC(CC)(CC)C(=O)Nc1[nH]c(C=C2N=C(NC(=O)C(CC)(CC)CCCSC(CC(=O)O)C(=O)O)C(C(=O)OC3C(C(C)(C)C)CC(C)CC3C(C)(C)C)=C2C(C)C)c(C(C)C)c1C(=O)OC1C(C(C)(C)C)CC(C)CC1C(C)(C)C. The number of carbonyl (C=O) groups excluding carboxylic acids is 5. The Labute approximate surface area is 562 Å². The average Bonchev–Trinajstić information content (AvgIpc) is 1.44. The number of nitrogens with one attached hydrogen (secondary N) is 3. The van der Waals surface area contributed by atoms with Crippen LogP contribution in [0, 0.1) is 73.9 Å². The first-order valence-electron chi connectivity index (χ1n) is 34.5. The van der Waals surface area contributed by atoms with E-state index in [4.69, 9.17) is 19.2 Å². The van der Waals surface area contributed by atoms with Crippen molar-refractivity contribution in [2.75, 3.05) is 23.4 Å². The zero-order chi connectivity index (χ0) is 70.2. The molecule has 0 bridgehead atoms. The molecule has 1 aromatic rings. The molecule has 2 amide bonds. The van der Waals surface area contributed by atoms with Crippen molar-refractivity contribution in [3.05, 3.63) is 33.7 Å². The number of anilines is 1. The Balaban J connectivity index is 2.09. The van der Waals surface area contributed by atoms with Crippen LogP contribution < -0.4 is 10.6 Å². The molecule has 4 rings (SSSR count). The van der Waals surface area contributed by atoms with Gasteiger partial charge in [-0.15, -0.1) is 23.5 Å². The monoisotopic (exact) mass is 1320 g/mol. The normalized spacial score (nSPS) is 22.9. The highest BCUT2D eigenvalue weighted by Crippen LogP contribution is 2.53. The number of carboxylic acid groups (broad SMARTS) is 2. The van der Waals surface area contributed by atoms with E-state index in [1.165, 1.54) is 11.8 Å². The van der Waals surface area contributed by atoms with E-state index in [1.807, 2.05) is 82.2 Å². The van der Waals surface area contributed by atoms with Crippen LogP contribution in [0.1, 0.15) is 278 Å². The molecular formula is C74H122N4O12S2. The lowest BCUT2D eigenvalue weighted by Gasteiger charge is -2.50. The Morgan fingerprint density at radius 1 is 0.641 bits per heavy atom. The molecule has 5 unspecified atom stereocenters. The predicted octanol–water partition coefficient (Wildman–Crippen LogP) is 17.4. The minimum absolute atomic E-state index is 0.00201. The van der Waals surface area contributed by atoms with Crippen molar-refractivity contribution in [1.82, 2.24) is 10.3 Å². The van der Waals surface area contributed by atoms with Crippen molar-refractivity contribution in [3.8, 4) is 0 Å². The van der Waals surface area contributed by atoms with Crippen molar-refractivity contribution in [2.45, 2.75) is 278 Å². The predicted molar refractivity (Wildman–Crippen MR) is 376 cm³/mol. The number of carboxylic acids is 2. The van der Waals surface area contributed by atoms with Crippen LogP contribution >= 0.6 is 23.5 Å². The second-order valence-corrected chi connectivity index (χ2v) is 35.6. The first kappa shape index (κ1) is 79.9. The summed E-state index contributed by atoms with van der Waals surface area (Å²) in [7, 11) is 0. The topological polar surface area (TPSA) is 240 Å². The zero-order valence-electron chi connectivity index (χ0n) is 61.3. The molecule has 0 radical (unpaired) electrons. The van der Waals surface area contributed by atoms with Gasteiger partial charge in [0.05, 0.1) is 22.3 Å². The number of carbonyl (C=O) groups is 7. The molecule has 1 aromatic heterocycles. The number of amides is 2. The number of aromatic nitrogens is 1. The zero-order valence-corrected chi connectivity index (χ0v) is 62.9. The summed E-state index contributed by atoms with van der Waals surface area (Å²) in [5.74, 6) is -3.69. The van der Waals surface area contributed by atoms with Crippen LogP contribution in [0.5, 0.6) is 0 Å². The van der Waals surface area contributed by atoms with E-state index in [9.17, 15) is 24.6 Å². The third-order valence-electron chi connectivity index (χ3n) is 20.8. The number of H-pyrrole nitrogens is 1. The molecule has 0 spiro atoms.